The van der Waals surface area contributed by atoms with Gasteiger partial charge in [-0.1, -0.05) is 6.42 Å². The molecule has 114 valence electrons. The molecule has 4 rings (SSSR count). The predicted molar refractivity (Wildman–Crippen MR) is 78.5 cm³/mol. The molecule has 0 bridgehead atoms. The molecule has 1 aliphatic carbocycles. The van der Waals surface area contributed by atoms with E-state index in [1.807, 2.05) is 6.07 Å². The number of imidazole rings is 1. The van der Waals surface area contributed by atoms with Gasteiger partial charge in [-0.3, -0.25) is 9.59 Å². The molecule has 1 N–H and O–H groups in total. The number of pyridine rings is 1. The Kier molecular flexibility index (Phi) is 2.76. The lowest BCUT2D eigenvalue weighted by Crippen LogP contribution is -2.37. The number of likely N-dealkylation sites (tertiary alicyclic amines) is 1. The highest BCUT2D eigenvalue weighted by Gasteiger charge is 2.55. The number of fused-ring (bicyclic) bond motifs is 2. The second-order valence-corrected chi connectivity index (χ2v) is 6.38. The van der Waals surface area contributed by atoms with Crippen LogP contribution < -0.4 is 0 Å². The minimum absolute atomic E-state index is 0.0888. The van der Waals surface area contributed by atoms with Crippen molar-refractivity contribution >= 4 is 17.4 Å². The first-order chi connectivity index (χ1) is 10.6. The lowest BCUT2D eigenvalue weighted by molar-refractivity contribution is -0.149. The van der Waals surface area contributed by atoms with E-state index in [1.165, 1.54) is 0 Å². The minimum atomic E-state index is -0.754. The summed E-state index contributed by atoms with van der Waals surface area (Å²) in [5.41, 5.74) is 0.775. The number of hydrogen-bond donors (Lipinski definition) is 1. The predicted octanol–water partition coefficient (Wildman–Crippen LogP) is 1.66. The van der Waals surface area contributed by atoms with Crippen LogP contribution in [-0.4, -0.2) is 44.4 Å². The van der Waals surface area contributed by atoms with E-state index < -0.39 is 11.4 Å². The molecule has 1 saturated carbocycles. The molecule has 0 spiro atoms. The van der Waals surface area contributed by atoms with Crippen molar-refractivity contribution in [3.63, 3.8) is 0 Å². The Morgan fingerprint density at radius 2 is 2.23 bits per heavy atom. The molecule has 2 atom stereocenters. The zero-order valence-electron chi connectivity index (χ0n) is 12.1. The van der Waals surface area contributed by atoms with Gasteiger partial charge < -0.3 is 14.4 Å². The third-order valence-electron chi connectivity index (χ3n) is 5.24. The summed E-state index contributed by atoms with van der Waals surface area (Å²) in [5.74, 6) is -0.757. The summed E-state index contributed by atoms with van der Waals surface area (Å²) < 4.78 is 1.80. The van der Waals surface area contributed by atoms with Crippen LogP contribution in [0.5, 0.6) is 0 Å². The monoisotopic (exact) mass is 299 g/mol. The number of aromatic nitrogens is 2. The van der Waals surface area contributed by atoms with Crippen LogP contribution in [0.4, 0.5) is 0 Å². The number of carbonyl (C=O) groups excluding carboxylic acids is 1. The molecular formula is C16H17N3O3. The number of amides is 1. The number of rotatable bonds is 2. The van der Waals surface area contributed by atoms with Crippen molar-refractivity contribution in [2.75, 3.05) is 13.1 Å². The fourth-order valence-corrected chi connectivity index (χ4v) is 4.02. The van der Waals surface area contributed by atoms with Gasteiger partial charge in [-0.25, -0.2) is 4.98 Å². The van der Waals surface area contributed by atoms with E-state index in [-0.39, 0.29) is 11.8 Å². The summed E-state index contributed by atoms with van der Waals surface area (Å²) in [6.07, 6.45) is 7.66. The number of carboxylic acid groups (broad SMARTS) is 1. The molecule has 0 unspecified atom stereocenters. The van der Waals surface area contributed by atoms with Crippen molar-refractivity contribution in [3.8, 4) is 0 Å². The van der Waals surface area contributed by atoms with Crippen molar-refractivity contribution in [2.45, 2.75) is 19.3 Å². The summed E-state index contributed by atoms with van der Waals surface area (Å²) in [7, 11) is 0. The molecule has 2 aromatic heterocycles. The lowest BCUT2D eigenvalue weighted by Gasteiger charge is -2.23. The van der Waals surface area contributed by atoms with Gasteiger partial charge in [0.2, 0.25) is 0 Å². The largest absolute Gasteiger partial charge is 0.481 e. The number of carbonyl (C=O) groups is 2. The van der Waals surface area contributed by atoms with E-state index in [9.17, 15) is 14.7 Å². The smallest absolute Gasteiger partial charge is 0.311 e. The Labute approximate surface area is 127 Å². The van der Waals surface area contributed by atoms with Crippen molar-refractivity contribution in [3.05, 3.63) is 36.4 Å². The molecule has 1 aliphatic heterocycles. The standard InChI is InChI=1S/C16H17N3O3/c20-14(11-3-4-13-6-17-10-19(13)7-11)18-8-12-2-1-5-16(12,9-18)15(21)22/h3-4,6-7,10,12H,1-2,5,8-9H2,(H,21,22)/t12-,16+/m0/s1. The zero-order chi connectivity index (χ0) is 15.3. The van der Waals surface area contributed by atoms with Crippen LogP contribution >= 0.6 is 0 Å². The van der Waals surface area contributed by atoms with Crippen molar-refractivity contribution in [1.82, 2.24) is 14.3 Å². The quantitative estimate of drug-likeness (QED) is 0.915. The van der Waals surface area contributed by atoms with Gasteiger partial charge in [0.15, 0.2) is 0 Å². The molecule has 2 aromatic rings. The summed E-state index contributed by atoms with van der Waals surface area (Å²) in [4.78, 5) is 30.2. The number of carboxylic acids is 1. The van der Waals surface area contributed by atoms with Crippen LogP contribution in [0.15, 0.2) is 30.9 Å². The van der Waals surface area contributed by atoms with Gasteiger partial charge in [0.05, 0.1) is 29.0 Å². The third-order valence-corrected chi connectivity index (χ3v) is 5.24. The zero-order valence-corrected chi connectivity index (χ0v) is 12.1. The van der Waals surface area contributed by atoms with Gasteiger partial charge in [-0.15, -0.1) is 0 Å². The van der Waals surface area contributed by atoms with Crippen LogP contribution in [0, 0.1) is 11.3 Å². The number of nitrogens with zero attached hydrogens (tertiary/aromatic N) is 3. The first-order valence-electron chi connectivity index (χ1n) is 7.54. The first-order valence-corrected chi connectivity index (χ1v) is 7.54. The molecule has 0 radical (unpaired) electrons. The topological polar surface area (TPSA) is 74.9 Å². The Balaban J connectivity index is 1.62. The third kappa shape index (κ3) is 1.76. The van der Waals surface area contributed by atoms with Crippen molar-refractivity contribution < 1.29 is 14.7 Å². The summed E-state index contributed by atoms with van der Waals surface area (Å²) >= 11 is 0. The van der Waals surface area contributed by atoms with Gasteiger partial charge in [0.1, 0.15) is 0 Å². The van der Waals surface area contributed by atoms with Crippen LogP contribution in [0.3, 0.4) is 0 Å². The minimum Gasteiger partial charge on any atom is -0.481 e. The molecule has 6 heteroatoms. The Morgan fingerprint density at radius 1 is 1.36 bits per heavy atom. The Bertz CT molecular complexity index is 769. The van der Waals surface area contributed by atoms with E-state index in [1.54, 1.807) is 34.1 Å². The van der Waals surface area contributed by atoms with Crippen LogP contribution in [-0.2, 0) is 4.79 Å². The molecular weight excluding hydrogens is 282 g/mol. The van der Waals surface area contributed by atoms with E-state index in [0.717, 1.165) is 18.4 Å². The normalized spacial score (nSPS) is 27.3. The van der Waals surface area contributed by atoms with E-state index in [0.29, 0.717) is 25.1 Å². The highest BCUT2D eigenvalue weighted by Crippen LogP contribution is 2.49. The van der Waals surface area contributed by atoms with E-state index in [2.05, 4.69) is 4.98 Å². The molecule has 1 amide bonds. The number of aliphatic carboxylic acids is 1. The maximum absolute atomic E-state index is 12.7. The fourth-order valence-electron chi connectivity index (χ4n) is 4.02. The van der Waals surface area contributed by atoms with Gasteiger partial charge >= 0.3 is 5.97 Å². The number of hydrogen-bond acceptors (Lipinski definition) is 3. The first kappa shape index (κ1) is 13.3. The molecule has 2 aliphatic rings. The van der Waals surface area contributed by atoms with Gasteiger partial charge in [0, 0.05) is 19.3 Å². The fraction of sp³-hybridized carbons (Fsp3) is 0.438. The molecule has 3 heterocycles. The SMILES string of the molecule is O=C(c1ccc2cncn2c1)N1C[C@@H]2CCC[C@@]2(C(=O)O)C1. The summed E-state index contributed by atoms with van der Waals surface area (Å²) in [6, 6.07) is 3.63. The highest BCUT2D eigenvalue weighted by atomic mass is 16.4. The molecule has 0 aromatic carbocycles. The van der Waals surface area contributed by atoms with E-state index in [4.69, 9.17) is 0 Å². The van der Waals surface area contributed by atoms with Crippen LogP contribution in [0.2, 0.25) is 0 Å². The second kappa shape index (κ2) is 4.56. The molecule has 1 saturated heterocycles. The van der Waals surface area contributed by atoms with Crippen molar-refractivity contribution in [1.29, 1.82) is 0 Å². The maximum atomic E-state index is 12.7. The molecule has 2 fully saturated rings. The van der Waals surface area contributed by atoms with Gasteiger partial charge in [-0.2, -0.15) is 0 Å². The van der Waals surface area contributed by atoms with Crippen LogP contribution in [0.25, 0.3) is 5.52 Å². The maximum Gasteiger partial charge on any atom is 0.311 e. The van der Waals surface area contributed by atoms with Gasteiger partial charge in [-0.05, 0) is 30.9 Å². The van der Waals surface area contributed by atoms with Crippen LogP contribution in [0.1, 0.15) is 29.6 Å². The second-order valence-electron chi connectivity index (χ2n) is 6.38. The Morgan fingerprint density at radius 3 is 3.00 bits per heavy atom. The average Bonchev–Trinajstić information content (AvgIpc) is 3.18. The van der Waals surface area contributed by atoms with Crippen molar-refractivity contribution in [2.24, 2.45) is 11.3 Å². The van der Waals surface area contributed by atoms with Gasteiger partial charge in [0.25, 0.3) is 5.91 Å². The highest BCUT2D eigenvalue weighted by molar-refractivity contribution is 5.95. The summed E-state index contributed by atoms with van der Waals surface area (Å²) in [6.45, 7) is 0.876. The average molecular weight is 299 g/mol. The molecule has 6 nitrogen and oxygen atoms in total. The molecule has 22 heavy (non-hydrogen) atoms. The lowest BCUT2D eigenvalue weighted by atomic mass is 9.81. The summed E-state index contributed by atoms with van der Waals surface area (Å²) in [5, 5.41) is 9.61. The van der Waals surface area contributed by atoms with E-state index >= 15 is 0 Å². The Hall–Kier alpha value is -2.37.